The quantitative estimate of drug-likeness (QED) is 0.689. The number of fused-ring (bicyclic) bond motifs is 1. The zero-order valence-electron chi connectivity index (χ0n) is 17.9. The third-order valence-corrected chi connectivity index (χ3v) is 5.94. The largest absolute Gasteiger partial charge is 0.347 e. The summed E-state index contributed by atoms with van der Waals surface area (Å²) in [5.41, 5.74) is 4.89. The highest BCUT2D eigenvalue weighted by Crippen LogP contribution is 2.35. The van der Waals surface area contributed by atoms with Gasteiger partial charge in [0.2, 0.25) is 5.91 Å². The first-order valence-corrected chi connectivity index (χ1v) is 10.4. The van der Waals surface area contributed by atoms with Crippen LogP contribution in [0.3, 0.4) is 0 Å². The van der Waals surface area contributed by atoms with E-state index in [0.717, 1.165) is 11.4 Å². The smallest absolute Gasteiger partial charge is 0.241 e. The number of aryl methyl sites for hydroxylation is 2. The van der Waals surface area contributed by atoms with E-state index >= 15 is 0 Å². The summed E-state index contributed by atoms with van der Waals surface area (Å²) in [6, 6.07) is 20.6. The van der Waals surface area contributed by atoms with E-state index in [1.54, 1.807) is 0 Å². The summed E-state index contributed by atoms with van der Waals surface area (Å²) in [5, 5.41) is 3.13. The van der Waals surface area contributed by atoms with Crippen LogP contribution in [-0.2, 0) is 30.7 Å². The lowest BCUT2D eigenvalue weighted by Crippen LogP contribution is -2.58. The summed E-state index contributed by atoms with van der Waals surface area (Å²) >= 11 is 0. The summed E-state index contributed by atoms with van der Waals surface area (Å²) in [4.78, 5) is 24.7. The second-order valence-corrected chi connectivity index (χ2v) is 8.25. The van der Waals surface area contributed by atoms with Crippen molar-refractivity contribution in [2.75, 3.05) is 7.05 Å². The van der Waals surface area contributed by atoms with E-state index in [9.17, 15) is 4.79 Å². The van der Waals surface area contributed by atoms with Crippen LogP contribution in [0.1, 0.15) is 33.9 Å². The number of amides is 1. The first-order valence-electron chi connectivity index (χ1n) is 10.4. The molecule has 0 saturated carbocycles. The van der Waals surface area contributed by atoms with Gasteiger partial charge in [0.25, 0.3) is 0 Å². The number of hydrogen-bond acceptors (Lipinski definition) is 4. The molecule has 30 heavy (non-hydrogen) atoms. The Labute approximate surface area is 178 Å². The number of carbonyl (C=O) groups is 1. The monoisotopic (exact) mass is 400 g/mol. The average Bonchev–Trinajstić information content (AvgIpc) is 3.13. The van der Waals surface area contributed by atoms with Gasteiger partial charge in [0.1, 0.15) is 11.4 Å². The second-order valence-electron chi connectivity index (χ2n) is 8.25. The Morgan fingerprint density at radius 2 is 1.53 bits per heavy atom. The molecule has 5 heteroatoms. The van der Waals surface area contributed by atoms with E-state index in [-0.39, 0.29) is 5.91 Å². The van der Waals surface area contributed by atoms with Gasteiger partial charge in [-0.1, -0.05) is 54.6 Å². The van der Waals surface area contributed by atoms with Gasteiger partial charge in [-0.15, -0.1) is 0 Å². The van der Waals surface area contributed by atoms with Gasteiger partial charge < -0.3 is 5.32 Å². The number of carbonyl (C=O) groups excluding carboxylic acids is 1. The summed E-state index contributed by atoms with van der Waals surface area (Å²) in [7, 11) is 2.05. The number of rotatable bonds is 6. The van der Waals surface area contributed by atoms with E-state index in [2.05, 4.69) is 44.5 Å². The lowest BCUT2D eigenvalue weighted by molar-refractivity contribution is -0.133. The first kappa shape index (κ1) is 20.2. The highest BCUT2D eigenvalue weighted by molar-refractivity contribution is 5.88. The molecule has 1 amide bonds. The van der Waals surface area contributed by atoms with Crippen LogP contribution in [0.25, 0.3) is 0 Å². The molecule has 0 unspecified atom stereocenters. The molecule has 0 saturated heterocycles. The van der Waals surface area contributed by atoms with Gasteiger partial charge in [-0.25, -0.2) is 9.97 Å². The normalized spacial score (nSPS) is 14.5. The summed E-state index contributed by atoms with van der Waals surface area (Å²) < 4.78 is 0. The minimum atomic E-state index is -0.627. The summed E-state index contributed by atoms with van der Waals surface area (Å²) in [6.07, 6.45) is 1.40. The van der Waals surface area contributed by atoms with Crippen molar-refractivity contribution in [3.63, 3.8) is 0 Å². The number of benzene rings is 2. The predicted molar refractivity (Wildman–Crippen MR) is 118 cm³/mol. The number of nitrogens with one attached hydrogen (secondary N) is 1. The van der Waals surface area contributed by atoms with Crippen molar-refractivity contribution in [1.82, 2.24) is 20.2 Å². The zero-order chi connectivity index (χ0) is 21.1. The fourth-order valence-electron chi connectivity index (χ4n) is 4.41. The highest BCUT2D eigenvalue weighted by atomic mass is 16.2. The number of aromatic nitrogens is 2. The van der Waals surface area contributed by atoms with Gasteiger partial charge >= 0.3 is 0 Å². The molecule has 2 aromatic carbocycles. The average molecular weight is 401 g/mol. The number of nitrogens with zero attached hydrogens (tertiary/aromatic N) is 3. The molecule has 154 valence electrons. The molecule has 1 heterocycles. The van der Waals surface area contributed by atoms with Gasteiger partial charge in [-0.05, 0) is 43.7 Å². The minimum Gasteiger partial charge on any atom is -0.347 e. The van der Waals surface area contributed by atoms with E-state index < -0.39 is 5.54 Å². The minimum absolute atomic E-state index is 0.0277. The van der Waals surface area contributed by atoms with Gasteiger partial charge in [0, 0.05) is 30.8 Å². The molecule has 1 aliphatic rings. The maximum atomic E-state index is 13.6. The third-order valence-electron chi connectivity index (χ3n) is 5.94. The molecule has 1 N–H and O–H groups in total. The Morgan fingerprint density at radius 1 is 0.967 bits per heavy atom. The zero-order valence-corrected chi connectivity index (χ0v) is 17.9. The third kappa shape index (κ3) is 4.12. The fourth-order valence-corrected chi connectivity index (χ4v) is 4.41. The van der Waals surface area contributed by atoms with Crippen LogP contribution in [0.2, 0.25) is 0 Å². The maximum Gasteiger partial charge on any atom is 0.241 e. The van der Waals surface area contributed by atoms with Crippen LogP contribution >= 0.6 is 0 Å². The molecule has 0 atom stereocenters. The van der Waals surface area contributed by atoms with Gasteiger partial charge in [0.15, 0.2) is 0 Å². The van der Waals surface area contributed by atoms with Crippen LogP contribution in [0.5, 0.6) is 0 Å². The van der Waals surface area contributed by atoms with Crippen LogP contribution in [0.4, 0.5) is 0 Å². The van der Waals surface area contributed by atoms with Crippen LogP contribution in [0, 0.1) is 13.8 Å². The molecule has 0 fully saturated rings. The fraction of sp³-hybridized carbons (Fsp3) is 0.320. The Morgan fingerprint density at radius 3 is 2.13 bits per heavy atom. The molecule has 0 aliphatic heterocycles. The second kappa shape index (κ2) is 8.36. The van der Waals surface area contributed by atoms with E-state index in [1.165, 1.54) is 16.7 Å². The van der Waals surface area contributed by atoms with Crippen molar-refractivity contribution < 1.29 is 4.79 Å². The van der Waals surface area contributed by atoms with Crippen molar-refractivity contribution in [2.45, 2.75) is 45.3 Å². The molecule has 0 bridgehead atoms. The van der Waals surface area contributed by atoms with Crippen molar-refractivity contribution in [3.05, 3.63) is 94.6 Å². The molecule has 3 aromatic rings. The Bertz CT molecular complexity index is 1000. The SMILES string of the molecule is Cc1cc(C)nc(CNC(=O)C2(N(C)Cc3ccccc3)Cc3ccccc3C2)n1. The topological polar surface area (TPSA) is 58.1 Å². The molecule has 1 aromatic heterocycles. The molecule has 4 rings (SSSR count). The van der Waals surface area contributed by atoms with E-state index in [0.29, 0.717) is 31.8 Å². The predicted octanol–water partition coefficient (Wildman–Crippen LogP) is 3.38. The Kier molecular flexibility index (Phi) is 5.64. The van der Waals surface area contributed by atoms with Gasteiger partial charge in [0.05, 0.1) is 6.54 Å². The molecule has 0 radical (unpaired) electrons. The molecule has 5 nitrogen and oxygen atoms in total. The maximum absolute atomic E-state index is 13.6. The standard InChI is InChI=1S/C25H28N4O/c1-18-13-19(2)28-23(27-18)16-26-24(30)25(14-21-11-7-8-12-22(21)15-25)29(3)17-20-9-5-4-6-10-20/h4-13H,14-17H2,1-3H3,(H,26,30). The van der Waals surface area contributed by atoms with Gasteiger partial charge in [-0.3, -0.25) is 9.69 Å². The molecule has 1 aliphatic carbocycles. The Balaban J connectivity index is 1.58. The van der Waals surface area contributed by atoms with Crippen LogP contribution in [-0.4, -0.2) is 33.4 Å². The van der Waals surface area contributed by atoms with Crippen molar-refractivity contribution in [3.8, 4) is 0 Å². The van der Waals surface area contributed by atoms with E-state index in [4.69, 9.17) is 0 Å². The van der Waals surface area contributed by atoms with Crippen molar-refractivity contribution >= 4 is 5.91 Å². The first-order chi connectivity index (χ1) is 14.5. The number of hydrogen-bond donors (Lipinski definition) is 1. The molecular weight excluding hydrogens is 372 g/mol. The molecule has 0 spiro atoms. The van der Waals surface area contributed by atoms with Crippen LogP contribution < -0.4 is 5.32 Å². The summed E-state index contributed by atoms with van der Waals surface area (Å²) in [5.74, 6) is 0.678. The van der Waals surface area contributed by atoms with Gasteiger partial charge in [-0.2, -0.15) is 0 Å². The Hall–Kier alpha value is -3.05. The lowest BCUT2D eigenvalue weighted by Gasteiger charge is -2.37. The number of likely N-dealkylation sites (N-methyl/N-ethyl adjacent to an activating group) is 1. The summed E-state index contributed by atoms with van der Waals surface area (Å²) in [6.45, 7) is 4.94. The lowest BCUT2D eigenvalue weighted by atomic mass is 9.91. The van der Waals surface area contributed by atoms with E-state index in [1.807, 2.05) is 57.3 Å². The van der Waals surface area contributed by atoms with Crippen molar-refractivity contribution in [2.24, 2.45) is 0 Å². The van der Waals surface area contributed by atoms with Crippen LogP contribution in [0.15, 0.2) is 60.7 Å². The molecular formula is C25H28N4O. The highest BCUT2D eigenvalue weighted by Gasteiger charge is 2.46. The van der Waals surface area contributed by atoms with Crippen molar-refractivity contribution in [1.29, 1.82) is 0 Å².